The lowest BCUT2D eigenvalue weighted by Crippen LogP contribution is -2.20. The monoisotopic (exact) mass is 403 g/mol. The van der Waals surface area contributed by atoms with E-state index in [1.54, 1.807) is 18.2 Å². The number of alkyl halides is 2. The highest BCUT2D eigenvalue weighted by Crippen LogP contribution is 2.22. The molecule has 0 fully saturated rings. The largest absolute Gasteiger partial charge is 0.481 e. The van der Waals surface area contributed by atoms with E-state index >= 15 is 0 Å². The summed E-state index contributed by atoms with van der Waals surface area (Å²) in [5.41, 5.74) is 1.23. The third-order valence-corrected chi connectivity index (χ3v) is 3.74. The van der Waals surface area contributed by atoms with Gasteiger partial charge in [-0.1, -0.05) is 0 Å². The number of benzene rings is 1. The van der Waals surface area contributed by atoms with Gasteiger partial charge in [-0.2, -0.15) is 13.9 Å². The van der Waals surface area contributed by atoms with E-state index in [-0.39, 0.29) is 30.4 Å². The Hall–Kier alpha value is -3.89. The van der Waals surface area contributed by atoms with Crippen LogP contribution in [-0.4, -0.2) is 43.3 Å². The minimum Gasteiger partial charge on any atom is -0.481 e. The van der Waals surface area contributed by atoms with Gasteiger partial charge in [0.1, 0.15) is 11.4 Å². The lowest BCUT2D eigenvalue weighted by Gasteiger charge is -2.08. The maximum atomic E-state index is 12.4. The standard InChI is InChI=1S/C18H15F2N5O4/c19-17(20)29-12-3-1-11(2-4-12)13-5-8-21-18(23-13)24-16(28)14-6-9-22-25(14)10-7-15(26)27/h1-6,8-9,17H,7,10H2,(H,26,27)(H,21,23,24,28). The van der Waals surface area contributed by atoms with E-state index in [4.69, 9.17) is 5.11 Å². The molecule has 0 bridgehead atoms. The van der Waals surface area contributed by atoms with Gasteiger partial charge in [-0.25, -0.2) is 9.97 Å². The van der Waals surface area contributed by atoms with Crippen LogP contribution in [0.4, 0.5) is 14.7 Å². The Kier molecular flexibility index (Phi) is 6.07. The average molecular weight is 403 g/mol. The number of aromatic nitrogens is 4. The molecule has 29 heavy (non-hydrogen) atoms. The summed E-state index contributed by atoms with van der Waals surface area (Å²) in [6, 6.07) is 8.89. The van der Waals surface area contributed by atoms with Crippen LogP contribution in [-0.2, 0) is 11.3 Å². The van der Waals surface area contributed by atoms with Crippen molar-refractivity contribution < 1.29 is 28.2 Å². The quantitative estimate of drug-likeness (QED) is 0.593. The smallest absolute Gasteiger partial charge is 0.387 e. The van der Waals surface area contributed by atoms with Crippen LogP contribution < -0.4 is 10.1 Å². The lowest BCUT2D eigenvalue weighted by atomic mass is 10.1. The molecule has 0 spiro atoms. The van der Waals surface area contributed by atoms with Crippen molar-refractivity contribution in [3.05, 3.63) is 54.5 Å². The number of carbonyl (C=O) groups excluding carboxylic acids is 1. The summed E-state index contributed by atoms with van der Waals surface area (Å²) in [4.78, 5) is 31.4. The topological polar surface area (TPSA) is 119 Å². The fourth-order valence-corrected chi connectivity index (χ4v) is 2.46. The van der Waals surface area contributed by atoms with Gasteiger partial charge in [-0.15, -0.1) is 0 Å². The van der Waals surface area contributed by atoms with Gasteiger partial charge in [0.25, 0.3) is 5.91 Å². The molecule has 1 amide bonds. The van der Waals surface area contributed by atoms with Gasteiger partial charge in [-0.05, 0) is 36.4 Å². The summed E-state index contributed by atoms with van der Waals surface area (Å²) in [6.07, 6.45) is 2.64. The molecule has 1 aromatic carbocycles. The van der Waals surface area contributed by atoms with Crippen LogP contribution in [0.1, 0.15) is 16.9 Å². The Morgan fingerprint density at radius 1 is 1.14 bits per heavy atom. The molecule has 2 aromatic heterocycles. The number of nitrogens with zero attached hydrogens (tertiary/aromatic N) is 4. The number of rotatable bonds is 8. The van der Waals surface area contributed by atoms with Crippen molar-refractivity contribution in [1.29, 1.82) is 0 Å². The van der Waals surface area contributed by atoms with E-state index < -0.39 is 18.5 Å². The van der Waals surface area contributed by atoms with Crippen LogP contribution in [0.3, 0.4) is 0 Å². The molecule has 0 aliphatic heterocycles. The molecule has 0 aliphatic carbocycles. The van der Waals surface area contributed by atoms with E-state index in [2.05, 4.69) is 25.1 Å². The maximum Gasteiger partial charge on any atom is 0.387 e. The van der Waals surface area contributed by atoms with E-state index in [9.17, 15) is 18.4 Å². The molecule has 9 nitrogen and oxygen atoms in total. The van der Waals surface area contributed by atoms with Crippen molar-refractivity contribution in [3.8, 4) is 17.0 Å². The third kappa shape index (κ3) is 5.31. The first kappa shape index (κ1) is 19.9. The van der Waals surface area contributed by atoms with Crippen molar-refractivity contribution in [3.63, 3.8) is 0 Å². The summed E-state index contributed by atoms with van der Waals surface area (Å²) >= 11 is 0. The second kappa shape index (κ2) is 8.87. The van der Waals surface area contributed by atoms with Crippen LogP contribution in [0, 0.1) is 0 Å². The van der Waals surface area contributed by atoms with Gasteiger partial charge < -0.3 is 9.84 Å². The Balaban J connectivity index is 1.72. The number of hydrogen-bond acceptors (Lipinski definition) is 6. The van der Waals surface area contributed by atoms with Gasteiger partial charge in [0.05, 0.1) is 18.7 Å². The van der Waals surface area contributed by atoms with Gasteiger partial charge in [0.2, 0.25) is 5.95 Å². The SMILES string of the molecule is O=C(O)CCn1nccc1C(=O)Nc1nccc(-c2ccc(OC(F)F)cc2)n1. The highest BCUT2D eigenvalue weighted by Gasteiger charge is 2.15. The zero-order valence-electron chi connectivity index (χ0n) is 14.8. The number of amides is 1. The molecule has 2 N–H and O–H groups in total. The van der Waals surface area contributed by atoms with E-state index in [1.165, 1.54) is 35.3 Å². The first-order valence-electron chi connectivity index (χ1n) is 8.35. The summed E-state index contributed by atoms with van der Waals surface area (Å²) < 4.78 is 30.0. The van der Waals surface area contributed by atoms with Crippen molar-refractivity contribution in [2.24, 2.45) is 0 Å². The molecule has 3 aromatic rings. The first-order chi connectivity index (χ1) is 13.9. The van der Waals surface area contributed by atoms with Crippen molar-refractivity contribution in [2.75, 3.05) is 5.32 Å². The minimum absolute atomic E-state index is 0.0148. The van der Waals surface area contributed by atoms with Crippen LogP contribution >= 0.6 is 0 Å². The molecule has 0 atom stereocenters. The summed E-state index contributed by atoms with van der Waals surface area (Å²) in [5, 5.41) is 15.2. The molecule has 150 valence electrons. The number of ether oxygens (including phenoxy) is 1. The number of aryl methyl sites for hydroxylation is 1. The van der Waals surface area contributed by atoms with Gasteiger partial charge in [0, 0.05) is 18.0 Å². The van der Waals surface area contributed by atoms with Crippen LogP contribution in [0.25, 0.3) is 11.3 Å². The fraction of sp³-hybridized carbons (Fsp3) is 0.167. The number of anilines is 1. The van der Waals surface area contributed by atoms with Crippen LogP contribution in [0.2, 0.25) is 0 Å². The van der Waals surface area contributed by atoms with Gasteiger partial charge in [-0.3, -0.25) is 19.6 Å². The lowest BCUT2D eigenvalue weighted by molar-refractivity contribution is -0.137. The molecular weight excluding hydrogens is 388 g/mol. The number of carboxylic acid groups (broad SMARTS) is 1. The van der Waals surface area contributed by atoms with E-state index in [1.807, 2.05) is 0 Å². The highest BCUT2D eigenvalue weighted by molar-refractivity contribution is 6.02. The van der Waals surface area contributed by atoms with Gasteiger partial charge >= 0.3 is 12.6 Å². The molecule has 0 aliphatic rings. The third-order valence-electron chi connectivity index (χ3n) is 3.74. The molecule has 0 saturated heterocycles. The number of halogens is 2. The maximum absolute atomic E-state index is 12.4. The Bertz CT molecular complexity index is 1010. The molecule has 2 heterocycles. The Morgan fingerprint density at radius 3 is 2.59 bits per heavy atom. The zero-order chi connectivity index (χ0) is 20.8. The molecule has 0 unspecified atom stereocenters. The number of nitrogens with one attached hydrogen (secondary N) is 1. The average Bonchev–Trinajstić information content (AvgIpc) is 3.15. The molecule has 3 rings (SSSR count). The van der Waals surface area contributed by atoms with Crippen molar-refractivity contribution in [1.82, 2.24) is 19.7 Å². The van der Waals surface area contributed by atoms with Crippen LogP contribution in [0.15, 0.2) is 48.8 Å². The number of carbonyl (C=O) groups is 2. The molecule has 11 heteroatoms. The molecule has 0 saturated carbocycles. The number of hydrogen-bond donors (Lipinski definition) is 2. The summed E-state index contributed by atoms with van der Waals surface area (Å²) in [6.45, 7) is -2.87. The van der Waals surface area contributed by atoms with Crippen LogP contribution in [0.5, 0.6) is 5.75 Å². The van der Waals surface area contributed by atoms with Crippen molar-refractivity contribution >= 4 is 17.8 Å². The second-order valence-corrected chi connectivity index (χ2v) is 5.71. The Labute approximate surface area is 163 Å². The Morgan fingerprint density at radius 2 is 1.90 bits per heavy atom. The van der Waals surface area contributed by atoms with E-state index in [0.29, 0.717) is 11.3 Å². The van der Waals surface area contributed by atoms with Gasteiger partial charge in [0.15, 0.2) is 0 Å². The normalized spacial score (nSPS) is 10.7. The minimum atomic E-state index is -2.91. The number of aliphatic carboxylic acids is 1. The summed E-state index contributed by atoms with van der Waals surface area (Å²) in [5.74, 6) is -1.52. The molecule has 0 radical (unpaired) electrons. The van der Waals surface area contributed by atoms with E-state index in [0.717, 1.165) is 0 Å². The summed E-state index contributed by atoms with van der Waals surface area (Å²) in [7, 11) is 0. The second-order valence-electron chi connectivity index (χ2n) is 5.71. The highest BCUT2D eigenvalue weighted by atomic mass is 19.3. The zero-order valence-corrected chi connectivity index (χ0v) is 14.8. The predicted molar refractivity (Wildman–Crippen MR) is 96.5 cm³/mol. The first-order valence-corrected chi connectivity index (χ1v) is 8.35. The fourth-order valence-electron chi connectivity index (χ4n) is 2.46. The predicted octanol–water partition coefficient (Wildman–Crippen LogP) is 2.67. The number of carboxylic acids is 1. The molecular formula is C18H15F2N5O4. The van der Waals surface area contributed by atoms with Crippen molar-refractivity contribution in [2.45, 2.75) is 19.6 Å².